The molecule has 2 rings (SSSR count). The van der Waals surface area contributed by atoms with Crippen molar-refractivity contribution in [3.05, 3.63) is 35.0 Å². The fourth-order valence-corrected chi connectivity index (χ4v) is 3.89. The molecule has 0 aliphatic rings. The molecule has 20 heavy (non-hydrogen) atoms. The molecule has 1 heterocycles. The summed E-state index contributed by atoms with van der Waals surface area (Å²) in [6.45, 7) is 0. The van der Waals surface area contributed by atoms with Crippen LogP contribution in [-0.4, -0.2) is 20.4 Å². The molecular formula is C13H17FN2O2S2. The molecule has 0 aliphatic carbocycles. The van der Waals surface area contributed by atoms with Gasteiger partial charge < -0.3 is 0 Å². The van der Waals surface area contributed by atoms with Crippen molar-refractivity contribution in [2.75, 3.05) is 12.0 Å². The molecule has 0 amide bonds. The Morgan fingerprint density at radius 2 is 2.15 bits per heavy atom. The maximum absolute atomic E-state index is 13.2. The summed E-state index contributed by atoms with van der Waals surface area (Å²) in [5, 5.41) is 0.841. The number of halogens is 1. The molecule has 2 aromatic rings. The summed E-state index contributed by atoms with van der Waals surface area (Å²) < 4.78 is 36.4. The monoisotopic (exact) mass is 316 g/mol. The van der Waals surface area contributed by atoms with Gasteiger partial charge in [-0.25, -0.2) is 12.8 Å². The minimum atomic E-state index is -2.96. The molecule has 0 spiro atoms. The zero-order chi connectivity index (χ0) is 14.8. The molecular weight excluding hydrogens is 299 g/mol. The van der Waals surface area contributed by atoms with E-state index in [1.54, 1.807) is 6.07 Å². The molecule has 7 heteroatoms. The highest BCUT2D eigenvalue weighted by molar-refractivity contribution is 7.90. The van der Waals surface area contributed by atoms with Crippen LogP contribution in [0.5, 0.6) is 0 Å². The molecule has 0 aliphatic heterocycles. The van der Waals surface area contributed by atoms with Crippen molar-refractivity contribution in [1.29, 1.82) is 0 Å². The summed E-state index contributed by atoms with van der Waals surface area (Å²) in [7, 11) is -2.96. The van der Waals surface area contributed by atoms with E-state index in [2.05, 4.69) is 5.43 Å². The van der Waals surface area contributed by atoms with E-state index in [-0.39, 0.29) is 17.6 Å². The van der Waals surface area contributed by atoms with Gasteiger partial charge in [-0.3, -0.25) is 11.3 Å². The third-order valence-corrected chi connectivity index (χ3v) is 5.31. The van der Waals surface area contributed by atoms with Crippen molar-refractivity contribution in [1.82, 2.24) is 5.43 Å². The lowest BCUT2D eigenvalue weighted by atomic mass is 10.1. The van der Waals surface area contributed by atoms with Crippen molar-refractivity contribution in [3.63, 3.8) is 0 Å². The second kappa shape index (κ2) is 6.17. The predicted octanol–water partition coefficient (Wildman–Crippen LogP) is 2.37. The van der Waals surface area contributed by atoms with E-state index in [4.69, 9.17) is 5.84 Å². The Morgan fingerprint density at radius 3 is 2.80 bits per heavy atom. The Balaban J connectivity index is 2.13. The Bertz CT molecular complexity index is 697. The van der Waals surface area contributed by atoms with Gasteiger partial charge in [0.15, 0.2) is 0 Å². The summed E-state index contributed by atoms with van der Waals surface area (Å²) in [5.41, 5.74) is 2.70. The van der Waals surface area contributed by atoms with E-state index >= 15 is 0 Å². The van der Waals surface area contributed by atoms with Gasteiger partial charge in [-0.1, -0.05) is 0 Å². The number of nitrogens with two attached hydrogens (primary N) is 1. The lowest BCUT2D eigenvalue weighted by molar-refractivity contribution is 0.515. The molecule has 1 unspecified atom stereocenters. The number of benzene rings is 1. The van der Waals surface area contributed by atoms with Gasteiger partial charge in [-0.2, -0.15) is 0 Å². The molecule has 3 N–H and O–H groups in total. The van der Waals surface area contributed by atoms with Crippen LogP contribution in [-0.2, 0) is 9.84 Å². The van der Waals surface area contributed by atoms with Crippen LogP contribution in [0.1, 0.15) is 23.8 Å². The van der Waals surface area contributed by atoms with Gasteiger partial charge in [-0.15, -0.1) is 11.3 Å². The Hall–Kier alpha value is -1.02. The number of fused-ring (bicyclic) bond motifs is 1. The molecule has 0 radical (unpaired) electrons. The zero-order valence-electron chi connectivity index (χ0n) is 11.1. The number of thiophene rings is 1. The average Bonchev–Trinajstić information content (AvgIpc) is 2.75. The smallest absolute Gasteiger partial charge is 0.147 e. The topological polar surface area (TPSA) is 72.2 Å². The average molecular weight is 316 g/mol. The highest BCUT2D eigenvalue weighted by Crippen LogP contribution is 2.32. The van der Waals surface area contributed by atoms with E-state index in [0.717, 1.165) is 15.0 Å². The predicted molar refractivity (Wildman–Crippen MR) is 80.8 cm³/mol. The Labute approximate surface area is 121 Å². The maximum atomic E-state index is 13.2. The highest BCUT2D eigenvalue weighted by atomic mass is 32.2. The van der Waals surface area contributed by atoms with Crippen molar-refractivity contribution < 1.29 is 12.8 Å². The number of hydrogen-bond acceptors (Lipinski definition) is 5. The number of sulfone groups is 1. The lowest BCUT2D eigenvalue weighted by Crippen LogP contribution is -2.27. The SMILES string of the molecule is CS(=O)(=O)CCCC(NN)c1cc2cc(F)ccc2s1. The Kier molecular flexibility index (Phi) is 4.74. The van der Waals surface area contributed by atoms with Gasteiger partial charge in [0.25, 0.3) is 0 Å². The van der Waals surface area contributed by atoms with Gasteiger partial charge in [0.05, 0.1) is 6.04 Å². The Morgan fingerprint density at radius 1 is 1.40 bits per heavy atom. The highest BCUT2D eigenvalue weighted by Gasteiger charge is 2.14. The van der Waals surface area contributed by atoms with E-state index in [1.165, 1.54) is 29.7 Å². The fraction of sp³-hybridized carbons (Fsp3) is 0.385. The van der Waals surface area contributed by atoms with Crippen LogP contribution in [0, 0.1) is 5.82 Å². The zero-order valence-corrected chi connectivity index (χ0v) is 12.7. The maximum Gasteiger partial charge on any atom is 0.147 e. The van der Waals surface area contributed by atoms with E-state index in [0.29, 0.717) is 12.8 Å². The van der Waals surface area contributed by atoms with Crippen LogP contribution in [0.4, 0.5) is 4.39 Å². The van der Waals surface area contributed by atoms with Crippen LogP contribution in [0.2, 0.25) is 0 Å². The third kappa shape index (κ3) is 3.99. The van der Waals surface area contributed by atoms with Crippen LogP contribution < -0.4 is 11.3 Å². The normalized spacial score (nSPS) is 13.8. The number of nitrogens with one attached hydrogen (secondary N) is 1. The van der Waals surface area contributed by atoms with Gasteiger partial charge in [0.2, 0.25) is 0 Å². The summed E-state index contributed by atoms with van der Waals surface area (Å²) in [6.07, 6.45) is 2.38. The number of rotatable bonds is 6. The van der Waals surface area contributed by atoms with Gasteiger partial charge in [0.1, 0.15) is 15.7 Å². The van der Waals surface area contributed by atoms with E-state index in [1.807, 2.05) is 6.07 Å². The molecule has 110 valence electrons. The molecule has 1 aromatic heterocycles. The summed E-state index contributed by atoms with van der Waals surface area (Å²) in [5.74, 6) is 5.42. The third-order valence-electron chi connectivity index (χ3n) is 3.05. The second-order valence-electron chi connectivity index (χ2n) is 4.82. The van der Waals surface area contributed by atoms with E-state index < -0.39 is 9.84 Å². The van der Waals surface area contributed by atoms with Gasteiger partial charge in [0, 0.05) is 21.6 Å². The van der Waals surface area contributed by atoms with Crippen LogP contribution in [0.3, 0.4) is 0 Å². The van der Waals surface area contributed by atoms with Crippen molar-refractivity contribution in [2.45, 2.75) is 18.9 Å². The van der Waals surface area contributed by atoms with Crippen LogP contribution in [0.15, 0.2) is 24.3 Å². The lowest BCUT2D eigenvalue weighted by Gasteiger charge is -2.13. The molecule has 0 fully saturated rings. The van der Waals surface area contributed by atoms with Gasteiger partial charge >= 0.3 is 0 Å². The minimum Gasteiger partial charge on any atom is -0.271 e. The van der Waals surface area contributed by atoms with Crippen LogP contribution >= 0.6 is 11.3 Å². The quantitative estimate of drug-likeness (QED) is 0.634. The fourth-order valence-electron chi connectivity index (χ4n) is 2.06. The molecule has 1 aromatic carbocycles. The largest absolute Gasteiger partial charge is 0.271 e. The first-order chi connectivity index (χ1) is 9.39. The molecule has 1 atom stereocenters. The molecule has 0 saturated carbocycles. The van der Waals surface area contributed by atoms with Crippen molar-refractivity contribution >= 4 is 31.3 Å². The van der Waals surface area contributed by atoms with E-state index in [9.17, 15) is 12.8 Å². The summed E-state index contributed by atoms with van der Waals surface area (Å²) in [4.78, 5) is 0.988. The summed E-state index contributed by atoms with van der Waals surface area (Å²) >= 11 is 1.54. The second-order valence-corrected chi connectivity index (χ2v) is 8.20. The summed E-state index contributed by atoms with van der Waals surface area (Å²) in [6, 6.07) is 6.44. The standard InChI is InChI=1S/C13H17FN2O2S2/c1-20(17,18)6-2-3-11(16-15)13-8-9-7-10(14)4-5-12(9)19-13/h4-5,7-8,11,16H,2-3,6,15H2,1H3. The van der Waals surface area contributed by atoms with Gasteiger partial charge in [-0.05, 0) is 42.5 Å². The number of hydrazine groups is 1. The first-order valence-electron chi connectivity index (χ1n) is 6.22. The van der Waals surface area contributed by atoms with Crippen LogP contribution in [0.25, 0.3) is 10.1 Å². The van der Waals surface area contributed by atoms with Crippen molar-refractivity contribution in [2.24, 2.45) is 5.84 Å². The molecule has 0 bridgehead atoms. The number of hydrogen-bond donors (Lipinski definition) is 2. The van der Waals surface area contributed by atoms with Crippen molar-refractivity contribution in [3.8, 4) is 0 Å². The first kappa shape index (κ1) is 15.4. The minimum absolute atomic E-state index is 0.114. The first-order valence-corrected chi connectivity index (χ1v) is 9.09. The molecule has 4 nitrogen and oxygen atoms in total. The molecule has 0 saturated heterocycles.